The maximum Gasteiger partial charge on any atom is 0.364 e. The van der Waals surface area contributed by atoms with Gasteiger partial charge in [-0.2, -0.15) is 0 Å². The first kappa shape index (κ1) is 17.2. The van der Waals surface area contributed by atoms with Crippen molar-refractivity contribution in [3.63, 3.8) is 0 Å². The normalized spacial score (nSPS) is 11.5. The zero-order chi connectivity index (χ0) is 18.2. The van der Waals surface area contributed by atoms with Crippen LogP contribution in [-0.4, -0.2) is 35.6 Å². The Morgan fingerprint density at radius 3 is 2.64 bits per heavy atom. The van der Waals surface area contributed by atoms with Gasteiger partial charge in [-0.05, 0) is 19.1 Å². The van der Waals surface area contributed by atoms with Crippen molar-refractivity contribution >= 4 is 38.3 Å². The number of rotatable bonds is 3. The third-order valence-corrected chi connectivity index (χ3v) is 4.41. The molecule has 9 heteroatoms. The number of sulfone groups is 1. The van der Waals surface area contributed by atoms with Gasteiger partial charge >= 0.3 is 5.97 Å². The van der Waals surface area contributed by atoms with E-state index in [1.165, 1.54) is 0 Å². The van der Waals surface area contributed by atoms with Gasteiger partial charge in [-0.3, -0.25) is 0 Å². The van der Waals surface area contributed by atoms with Crippen LogP contribution in [0.25, 0.3) is 10.9 Å². The number of carbonyl (C=O) groups excluding carboxylic acids is 1. The highest BCUT2D eigenvalue weighted by atomic mass is 35.5. The van der Waals surface area contributed by atoms with Gasteiger partial charge in [-0.15, -0.1) is 0 Å². The molecule has 0 bridgehead atoms. The predicted octanol–water partition coefficient (Wildman–Crippen LogP) is 2.61. The van der Waals surface area contributed by atoms with E-state index in [1.807, 2.05) is 25.1 Å². The quantitative estimate of drug-likeness (QED) is 0.393. The topological polar surface area (TPSA) is 99.1 Å². The van der Waals surface area contributed by atoms with Gasteiger partial charge in [0, 0.05) is 17.3 Å². The van der Waals surface area contributed by atoms with Crippen LogP contribution in [0.4, 0.5) is 0 Å². The van der Waals surface area contributed by atoms with Crippen LogP contribution in [-0.2, 0) is 9.84 Å². The molecule has 0 atom stereocenters. The Balaban J connectivity index is 2.03. The van der Waals surface area contributed by atoms with Crippen molar-refractivity contribution in [2.75, 3.05) is 6.26 Å². The number of pyridine rings is 1. The number of hydrogen-bond donors (Lipinski definition) is 0. The van der Waals surface area contributed by atoms with Gasteiger partial charge in [-0.25, -0.2) is 28.2 Å². The first-order chi connectivity index (χ1) is 11.8. The summed E-state index contributed by atoms with van der Waals surface area (Å²) in [7, 11) is -3.69. The van der Waals surface area contributed by atoms with E-state index in [2.05, 4.69) is 15.0 Å². The lowest BCUT2D eigenvalue weighted by molar-refractivity contribution is 0.0729. The molecule has 128 valence electrons. The first-order valence-corrected chi connectivity index (χ1v) is 9.34. The lowest BCUT2D eigenvalue weighted by Crippen LogP contribution is -2.15. The SMILES string of the molecule is Cc1ccc2cccc(OC(=O)c3nc(S(C)(=O)=O)ncc3Cl)c2n1. The lowest BCUT2D eigenvalue weighted by atomic mass is 10.2. The van der Waals surface area contributed by atoms with E-state index in [0.29, 0.717) is 5.52 Å². The molecule has 0 saturated heterocycles. The summed E-state index contributed by atoms with van der Waals surface area (Å²) in [5.41, 5.74) is 0.932. The molecule has 7 nitrogen and oxygen atoms in total. The minimum absolute atomic E-state index is 0.109. The van der Waals surface area contributed by atoms with Crippen LogP contribution in [0.2, 0.25) is 5.02 Å². The van der Waals surface area contributed by atoms with Gasteiger partial charge < -0.3 is 4.74 Å². The van der Waals surface area contributed by atoms with Crippen molar-refractivity contribution < 1.29 is 17.9 Å². The molecule has 0 N–H and O–H groups in total. The van der Waals surface area contributed by atoms with Gasteiger partial charge in [0.2, 0.25) is 15.0 Å². The Morgan fingerprint density at radius 1 is 1.16 bits per heavy atom. The van der Waals surface area contributed by atoms with Crippen LogP contribution in [0.3, 0.4) is 0 Å². The molecule has 25 heavy (non-hydrogen) atoms. The van der Waals surface area contributed by atoms with Crippen LogP contribution >= 0.6 is 11.6 Å². The summed E-state index contributed by atoms with van der Waals surface area (Å²) in [6, 6.07) is 8.82. The van der Waals surface area contributed by atoms with Crippen LogP contribution < -0.4 is 4.74 Å². The number of ether oxygens (including phenoxy) is 1. The zero-order valence-electron chi connectivity index (χ0n) is 13.2. The molecule has 0 spiro atoms. The second-order valence-corrected chi connectivity index (χ2v) is 7.61. The second kappa shape index (κ2) is 6.38. The Bertz CT molecular complexity index is 1100. The fourth-order valence-corrected chi connectivity index (χ4v) is 2.79. The fourth-order valence-electron chi connectivity index (χ4n) is 2.12. The number of aryl methyl sites for hydroxylation is 1. The molecule has 3 rings (SSSR count). The number of benzene rings is 1. The monoisotopic (exact) mass is 377 g/mol. The highest BCUT2D eigenvalue weighted by Gasteiger charge is 2.21. The molecular weight excluding hydrogens is 366 g/mol. The van der Waals surface area contributed by atoms with E-state index in [-0.39, 0.29) is 16.5 Å². The van der Waals surface area contributed by atoms with E-state index in [1.54, 1.807) is 12.1 Å². The van der Waals surface area contributed by atoms with Crippen molar-refractivity contribution in [3.05, 3.63) is 52.9 Å². The van der Waals surface area contributed by atoms with E-state index in [0.717, 1.165) is 23.5 Å². The van der Waals surface area contributed by atoms with Crippen molar-refractivity contribution in [3.8, 4) is 5.75 Å². The average Bonchev–Trinajstić information content (AvgIpc) is 2.54. The number of nitrogens with zero attached hydrogens (tertiary/aromatic N) is 3. The third kappa shape index (κ3) is 3.59. The molecule has 0 fully saturated rings. The second-order valence-electron chi connectivity index (χ2n) is 5.29. The fraction of sp³-hybridized carbons (Fsp3) is 0.125. The molecule has 2 heterocycles. The Morgan fingerprint density at radius 2 is 1.92 bits per heavy atom. The van der Waals surface area contributed by atoms with Crippen molar-refractivity contribution in [1.82, 2.24) is 15.0 Å². The molecule has 0 aliphatic rings. The summed E-state index contributed by atoms with van der Waals surface area (Å²) in [5.74, 6) is -0.671. The third-order valence-electron chi connectivity index (χ3n) is 3.27. The predicted molar refractivity (Wildman–Crippen MR) is 91.6 cm³/mol. The first-order valence-electron chi connectivity index (χ1n) is 7.07. The van der Waals surface area contributed by atoms with Gasteiger partial charge in [0.15, 0.2) is 11.4 Å². The minimum atomic E-state index is -3.69. The van der Waals surface area contributed by atoms with E-state index >= 15 is 0 Å². The molecule has 0 aliphatic heterocycles. The molecule has 0 unspecified atom stereocenters. The molecule has 0 radical (unpaired) electrons. The van der Waals surface area contributed by atoms with Gasteiger partial charge in [0.25, 0.3) is 0 Å². The lowest BCUT2D eigenvalue weighted by Gasteiger charge is -2.08. The highest BCUT2D eigenvalue weighted by molar-refractivity contribution is 7.90. The van der Waals surface area contributed by atoms with E-state index in [4.69, 9.17) is 16.3 Å². The molecule has 0 aliphatic carbocycles. The minimum Gasteiger partial charge on any atom is -0.419 e. The summed E-state index contributed by atoms with van der Waals surface area (Å²) in [6.45, 7) is 1.82. The number of halogens is 1. The number of carbonyl (C=O) groups is 1. The number of esters is 1. The number of hydrogen-bond acceptors (Lipinski definition) is 7. The Hall–Kier alpha value is -2.58. The zero-order valence-corrected chi connectivity index (χ0v) is 14.8. The standard InChI is InChI=1S/C16H12ClN3O4S/c1-9-6-7-10-4-3-5-12(13(10)19-9)24-15(21)14-11(17)8-18-16(20-14)25(2,22)23/h3-8H,1-2H3. The average molecular weight is 378 g/mol. The number of aromatic nitrogens is 3. The van der Waals surface area contributed by atoms with E-state index < -0.39 is 21.0 Å². The molecule has 3 aromatic rings. The van der Waals surface area contributed by atoms with Gasteiger partial charge in [-0.1, -0.05) is 29.8 Å². The van der Waals surface area contributed by atoms with Gasteiger partial charge in [0.05, 0.1) is 11.2 Å². The van der Waals surface area contributed by atoms with Crippen molar-refractivity contribution in [2.45, 2.75) is 12.1 Å². The maximum atomic E-state index is 12.4. The van der Waals surface area contributed by atoms with E-state index in [9.17, 15) is 13.2 Å². The highest BCUT2D eigenvalue weighted by Crippen LogP contribution is 2.25. The van der Waals surface area contributed by atoms with Crippen LogP contribution in [0.1, 0.15) is 16.2 Å². The summed E-state index contributed by atoms with van der Waals surface area (Å²) < 4.78 is 28.5. The van der Waals surface area contributed by atoms with Crippen LogP contribution in [0, 0.1) is 6.92 Å². The van der Waals surface area contributed by atoms with Crippen molar-refractivity contribution in [1.29, 1.82) is 0 Å². The molecule has 0 saturated carbocycles. The summed E-state index contributed by atoms with van der Waals surface area (Å²) >= 11 is 5.91. The summed E-state index contributed by atoms with van der Waals surface area (Å²) in [5, 5.41) is 0.180. The smallest absolute Gasteiger partial charge is 0.364 e. The Labute approximate surface area is 148 Å². The van der Waals surface area contributed by atoms with Crippen LogP contribution in [0.5, 0.6) is 5.75 Å². The Kier molecular flexibility index (Phi) is 4.40. The molecule has 0 amide bonds. The number of para-hydroxylation sites is 1. The largest absolute Gasteiger partial charge is 0.419 e. The molecule has 2 aromatic heterocycles. The summed E-state index contributed by atoms with van der Waals surface area (Å²) in [6.07, 6.45) is 1.98. The number of fused-ring (bicyclic) bond motifs is 1. The maximum absolute atomic E-state index is 12.4. The summed E-state index contributed by atoms with van der Waals surface area (Å²) in [4.78, 5) is 24.1. The molecule has 1 aromatic carbocycles. The van der Waals surface area contributed by atoms with Crippen molar-refractivity contribution in [2.24, 2.45) is 0 Å². The molecular formula is C16H12ClN3O4S. The van der Waals surface area contributed by atoms with Crippen LogP contribution in [0.15, 0.2) is 41.7 Å². The van der Waals surface area contributed by atoms with Gasteiger partial charge in [0.1, 0.15) is 5.52 Å².